The minimum absolute atomic E-state index is 0.0918. The second-order valence-corrected chi connectivity index (χ2v) is 5.59. The van der Waals surface area contributed by atoms with Crippen molar-refractivity contribution in [2.45, 2.75) is 38.5 Å². The number of rotatable bonds is 4. The third-order valence-corrected chi connectivity index (χ3v) is 3.72. The standard InChI is InChI=1S/C15H23N3O2/c1-10(2)18(3)12-6-4-5-11(7-12)17-15(20)14-8-13(19)9-16-14/h4-7,10,13-14,16,19H,8-9H2,1-3H3,(H,17,20). The number of aliphatic hydroxyl groups is 1. The number of β-amino-alcohol motifs (C(OH)–C–C–N with tert-alkyl or cyclic N) is 1. The molecule has 0 spiro atoms. The van der Waals surface area contributed by atoms with Crippen LogP contribution in [0.2, 0.25) is 0 Å². The van der Waals surface area contributed by atoms with Crippen LogP contribution in [0.15, 0.2) is 24.3 Å². The first kappa shape index (κ1) is 14.8. The molecule has 1 saturated heterocycles. The molecule has 1 fully saturated rings. The highest BCUT2D eigenvalue weighted by molar-refractivity contribution is 5.95. The third-order valence-electron chi connectivity index (χ3n) is 3.72. The van der Waals surface area contributed by atoms with Crippen molar-refractivity contribution < 1.29 is 9.90 Å². The van der Waals surface area contributed by atoms with Crippen molar-refractivity contribution in [2.24, 2.45) is 0 Å². The minimum Gasteiger partial charge on any atom is -0.392 e. The zero-order valence-electron chi connectivity index (χ0n) is 12.3. The molecule has 1 aromatic carbocycles. The van der Waals surface area contributed by atoms with E-state index < -0.39 is 6.10 Å². The topological polar surface area (TPSA) is 64.6 Å². The Balaban J connectivity index is 2.02. The maximum Gasteiger partial charge on any atom is 0.241 e. The van der Waals surface area contributed by atoms with Gasteiger partial charge in [-0.1, -0.05) is 6.07 Å². The van der Waals surface area contributed by atoms with Gasteiger partial charge in [0.15, 0.2) is 0 Å². The minimum atomic E-state index is -0.427. The summed E-state index contributed by atoms with van der Waals surface area (Å²) in [6.45, 7) is 4.72. The maximum absolute atomic E-state index is 12.1. The first-order valence-corrected chi connectivity index (χ1v) is 7.02. The molecule has 1 aliphatic heterocycles. The molecule has 0 aromatic heterocycles. The Morgan fingerprint density at radius 2 is 2.25 bits per heavy atom. The Labute approximate surface area is 120 Å². The predicted molar refractivity (Wildman–Crippen MR) is 81.0 cm³/mol. The van der Waals surface area contributed by atoms with Crippen LogP contribution in [0.3, 0.4) is 0 Å². The van der Waals surface area contributed by atoms with Gasteiger partial charge in [0.05, 0.1) is 12.1 Å². The van der Waals surface area contributed by atoms with Crippen LogP contribution in [0.25, 0.3) is 0 Å². The summed E-state index contributed by atoms with van der Waals surface area (Å²) >= 11 is 0. The van der Waals surface area contributed by atoms with Crippen LogP contribution in [0.5, 0.6) is 0 Å². The number of aliphatic hydroxyl groups excluding tert-OH is 1. The fourth-order valence-electron chi connectivity index (χ4n) is 2.25. The largest absolute Gasteiger partial charge is 0.392 e. The van der Waals surface area contributed by atoms with E-state index in [0.29, 0.717) is 19.0 Å². The van der Waals surface area contributed by atoms with Gasteiger partial charge < -0.3 is 20.6 Å². The smallest absolute Gasteiger partial charge is 0.241 e. The summed E-state index contributed by atoms with van der Waals surface area (Å²) in [7, 11) is 2.03. The third kappa shape index (κ3) is 3.49. The Hall–Kier alpha value is -1.59. The number of anilines is 2. The SMILES string of the molecule is CC(C)N(C)c1cccc(NC(=O)C2CC(O)CN2)c1. The summed E-state index contributed by atoms with van der Waals surface area (Å²) in [5.74, 6) is -0.0918. The molecule has 1 aromatic rings. The van der Waals surface area contributed by atoms with Gasteiger partial charge in [-0.05, 0) is 38.5 Å². The average Bonchev–Trinajstić information content (AvgIpc) is 2.85. The van der Waals surface area contributed by atoms with Crippen LogP contribution >= 0.6 is 0 Å². The number of hydrogen-bond acceptors (Lipinski definition) is 4. The molecule has 0 saturated carbocycles. The number of benzene rings is 1. The van der Waals surface area contributed by atoms with Gasteiger partial charge >= 0.3 is 0 Å². The first-order valence-electron chi connectivity index (χ1n) is 7.02. The molecule has 0 radical (unpaired) electrons. The summed E-state index contributed by atoms with van der Waals surface area (Å²) in [5.41, 5.74) is 1.85. The fourth-order valence-corrected chi connectivity index (χ4v) is 2.25. The summed E-state index contributed by atoms with van der Waals surface area (Å²) in [4.78, 5) is 14.2. The molecule has 2 rings (SSSR count). The summed E-state index contributed by atoms with van der Waals surface area (Å²) in [6, 6.07) is 7.88. The Kier molecular flexibility index (Phi) is 4.62. The van der Waals surface area contributed by atoms with E-state index in [0.717, 1.165) is 11.4 Å². The number of nitrogens with zero attached hydrogens (tertiary/aromatic N) is 1. The molecule has 1 amide bonds. The van der Waals surface area contributed by atoms with Crippen molar-refractivity contribution in [3.05, 3.63) is 24.3 Å². The van der Waals surface area contributed by atoms with Gasteiger partial charge in [-0.25, -0.2) is 0 Å². The monoisotopic (exact) mass is 277 g/mol. The number of nitrogens with one attached hydrogen (secondary N) is 2. The fraction of sp³-hybridized carbons (Fsp3) is 0.533. The van der Waals surface area contributed by atoms with Gasteiger partial charge in [-0.3, -0.25) is 4.79 Å². The Morgan fingerprint density at radius 3 is 2.85 bits per heavy atom. The lowest BCUT2D eigenvalue weighted by Crippen LogP contribution is -2.35. The predicted octanol–water partition coefficient (Wildman–Crippen LogP) is 1.19. The maximum atomic E-state index is 12.1. The first-order chi connectivity index (χ1) is 9.47. The molecule has 5 heteroatoms. The molecule has 1 heterocycles. The molecule has 1 aliphatic rings. The van der Waals surface area contributed by atoms with Crippen LogP contribution in [-0.2, 0) is 4.79 Å². The molecular formula is C15H23N3O2. The molecule has 2 unspecified atom stereocenters. The summed E-state index contributed by atoms with van der Waals surface area (Å²) < 4.78 is 0. The van der Waals surface area contributed by atoms with E-state index >= 15 is 0 Å². The second-order valence-electron chi connectivity index (χ2n) is 5.59. The highest BCUT2D eigenvalue weighted by atomic mass is 16.3. The van der Waals surface area contributed by atoms with E-state index in [2.05, 4.69) is 29.4 Å². The average molecular weight is 277 g/mol. The van der Waals surface area contributed by atoms with E-state index in [4.69, 9.17) is 0 Å². The van der Waals surface area contributed by atoms with Crippen molar-refractivity contribution in [3.8, 4) is 0 Å². The Bertz CT molecular complexity index is 476. The van der Waals surface area contributed by atoms with Gasteiger partial charge in [0.1, 0.15) is 0 Å². The van der Waals surface area contributed by atoms with E-state index in [1.54, 1.807) is 0 Å². The van der Waals surface area contributed by atoms with Crippen molar-refractivity contribution >= 4 is 17.3 Å². The molecule has 110 valence electrons. The van der Waals surface area contributed by atoms with Crippen molar-refractivity contribution in [1.82, 2.24) is 5.32 Å². The Morgan fingerprint density at radius 1 is 1.50 bits per heavy atom. The number of amides is 1. The highest BCUT2D eigenvalue weighted by Gasteiger charge is 2.27. The lowest BCUT2D eigenvalue weighted by Gasteiger charge is -2.24. The molecular weight excluding hydrogens is 254 g/mol. The normalized spacial score (nSPS) is 22.1. The molecule has 20 heavy (non-hydrogen) atoms. The lowest BCUT2D eigenvalue weighted by molar-refractivity contribution is -0.117. The van der Waals surface area contributed by atoms with Gasteiger partial charge in [0.25, 0.3) is 0 Å². The molecule has 3 N–H and O–H groups in total. The quantitative estimate of drug-likeness (QED) is 0.773. The summed E-state index contributed by atoms with van der Waals surface area (Å²) in [6.07, 6.45) is 0.0430. The number of carbonyl (C=O) groups is 1. The molecule has 5 nitrogen and oxygen atoms in total. The van der Waals surface area contributed by atoms with Gasteiger partial charge in [-0.2, -0.15) is 0 Å². The second kappa shape index (κ2) is 6.24. The highest BCUT2D eigenvalue weighted by Crippen LogP contribution is 2.20. The lowest BCUT2D eigenvalue weighted by atomic mass is 10.2. The van der Waals surface area contributed by atoms with Crippen molar-refractivity contribution in [1.29, 1.82) is 0 Å². The molecule has 0 bridgehead atoms. The van der Waals surface area contributed by atoms with Crippen LogP contribution in [0.1, 0.15) is 20.3 Å². The van der Waals surface area contributed by atoms with Gasteiger partial charge in [0.2, 0.25) is 5.91 Å². The van der Waals surface area contributed by atoms with Crippen molar-refractivity contribution in [3.63, 3.8) is 0 Å². The van der Waals surface area contributed by atoms with Crippen LogP contribution in [-0.4, -0.2) is 42.8 Å². The van der Waals surface area contributed by atoms with Crippen molar-refractivity contribution in [2.75, 3.05) is 23.8 Å². The van der Waals surface area contributed by atoms with Gasteiger partial charge in [-0.15, -0.1) is 0 Å². The van der Waals surface area contributed by atoms with E-state index in [-0.39, 0.29) is 11.9 Å². The van der Waals surface area contributed by atoms with E-state index in [1.165, 1.54) is 0 Å². The zero-order valence-corrected chi connectivity index (χ0v) is 12.3. The van der Waals surface area contributed by atoms with Crippen LogP contribution < -0.4 is 15.5 Å². The number of hydrogen-bond donors (Lipinski definition) is 3. The van der Waals surface area contributed by atoms with E-state index in [1.807, 2.05) is 31.3 Å². The molecule has 0 aliphatic carbocycles. The molecule has 2 atom stereocenters. The number of carbonyl (C=O) groups excluding carboxylic acids is 1. The van der Waals surface area contributed by atoms with E-state index in [9.17, 15) is 9.90 Å². The van der Waals surface area contributed by atoms with Crippen LogP contribution in [0, 0.1) is 0 Å². The van der Waals surface area contributed by atoms with Crippen LogP contribution in [0.4, 0.5) is 11.4 Å². The zero-order chi connectivity index (χ0) is 14.7. The summed E-state index contributed by atoms with van der Waals surface area (Å²) in [5, 5.41) is 15.4. The van der Waals surface area contributed by atoms with Gasteiger partial charge in [0, 0.05) is 31.0 Å².